The third kappa shape index (κ3) is 3.26. The number of hydrogen-bond acceptors (Lipinski definition) is 2. The summed E-state index contributed by atoms with van der Waals surface area (Å²) in [5, 5.41) is 9.70. The maximum atomic E-state index is 9.70. The van der Waals surface area contributed by atoms with Crippen LogP contribution in [0.3, 0.4) is 0 Å². The van der Waals surface area contributed by atoms with Gasteiger partial charge in [-0.1, -0.05) is 0 Å². The molecule has 2 nitrogen and oxygen atoms in total. The SMILES string of the molecule is CC(C)=COC(C)(C)C(C)(C)O. The van der Waals surface area contributed by atoms with Gasteiger partial charge < -0.3 is 9.84 Å². The molecule has 0 aliphatic heterocycles. The van der Waals surface area contributed by atoms with Gasteiger partial charge in [0.2, 0.25) is 0 Å². The summed E-state index contributed by atoms with van der Waals surface area (Å²) in [5.41, 5.74) is -0.296. The van der Waals surface area contributed by atoms with Gasteiger partial charge in [0.25, 0.3) is 0 Å². The van der Waals surface area contributed by atoms with Crippen molar-refractivity contribution in [3.63, 3.8) is 0 Å². The Labute approximate surface area is 75.2 Å². The molecule has 0 spiro atoms. The highest BCUT2D eigenvalue weighted by Gasteiger charge is 2.36. The van der Waals surface area contributed by atoms with Crippen LogP contribution in [0, 0.1) is 0 Å². The molecule has 72 valence electrons. The van der Waals surface area contributed by atoms with E-state index in [4.69, 9.17) is 4.74 Å². The van der Waals surface area contributed by atoms with Crippen LogP contribution in [0.4, 0.5) is 0 Å². The Morgan fingerprint density at radius 2 is 1.58 bits per heavy atom. The molecule has 1 N–H and O–H groups in total. The summed E-state index contributed by atoms with van der Waals surface area (Å²) in [4.78, 5) is 0. The van der Waals surface area contributed by atoms with Crippen LogP contribution in [0.5, 0.6) is 0 Å². The Hall–Kier alpha value is -0.500. The van der Waals surface area contributed by atoms with Crippen LogP contribution in [-0.4, -0.2) is 16.3 Å². The third-order valence-corrected chi connectivity index (χ3v) is 2.06. The van der Waals surface area contributed by atoms with E-state index in [1.165, 1.54) is 0 Å². The Morgan fingerprint density at radius 1 is 1.17 bits per heavy atom. The normalized spacial score (nSPS) is 12.6. The molecule has 12 heavy (non-hydrogen) atoms. The van der Waals surface area contributed by atoms with Gasteiger partial charge in [-0.25, -0.2) is 0 Å². The standard InChI is InChI=1S/C10H20O2/c1-8(2)7-12-10(5,6)9(3,4)11/h7,11H,1-6H3. The van der Waals surface area contributed by atoms with Crippen molar-refractivity contribution in [2.75, 3.05) is 0 Å². The molecular weight excluding hydrogens is 152 g/mol. The Bertz CT molecular complexity index is 169. The zero-order valence-electron chi connectivity index (χ0n) is 8.93. The van der Waals surface area contributed by atoms with E-state index in [-0.39, 0.29) is 0 Å². The molecule has 0 saturated carbocycles. The average molecular weight is 172 g/mol. The van der Waals surface area contributed by atoms with Gasteiger partial charge in [0.15, 0.2) is 0 Å². The van der Waals surface area contributed by atoms with Gasteiger partial charge in [0.1, 0.15) is 5.60 Å². The second-order valence-corrected chi connectivity index (χ2v) is 4.38. The molecule has 0 radical (unpaired) electrons. The predicted molar refractivity (Wildman–Crippen MR) is 50.9 cm³/mol. The summed E-state index contributed by atoms with van der Waals surface area (Å²) in [6.07, 6.45) is 1.68. The fourth-order valence-electron chi connectivity index (χ4n) is 0.409. The van der Waals surface area contributed by atoms with E-state index in [1.54, 1.807) is 20.1 Å². The first-order valence-corrected chi connectivity index (χ1v) is 4.20. The molecule has 0 heterocycles. The summed E-state index contributed by atoms with van der Waals surface area (Å²) in [6.45, 7) is 11.1. The van der Waals surface area contributed by atoms with Crippen LogP contribution in [-0.2, 0) is 4.74 Å². The van der Waals surface area contributed by atoms with Gasteiger partial charge in [-0.2, -0.15) is 0 Å². The second kappa shape index (κ2) is 3.48. The zero-order chi connectivity index (χ0) is 9.99. The molecule has 0 atom stereocenters. The van der Waals surface area contributed by atoms with Gasteiger partial charge in [0.05, 0.1) is 11.9 Å². The minimum absolute atomic E-state index is 0.551. The zero-order valence-corrected chi connectivity index (χ0v) is 8.93. The van der Waals surface area contributed by atoms with Gasteiger partial charge in [-0.05, 0) is 47.1 Å². The van der Waals surface area contributed by atoms with E-state index < -0.39 is 11.2 Å². The van der Waals surface area contributed by atoms with Crippen LogP contribution in [0.15, 0.2) is 11.8 Å². The molecule has 0 unspecified atom stereocenters. The molecule has 0 aliphatic carbocycles. The highest BCUT2D eigenvalue weighted by atomic mass is 16.5. The van der Waals surface area contributed by atoms with Gasteiger partial charge >= 0.3 is 0 Å². The number of allylic oxidation sites excluding steroid dienone is 1. The highest BCUT2D eigenvalue weighted by molar-refractivity contribution is 4.93. The van der Waals surface area contributed by atoms with E-state index in [9.17, 15) is 5.11 Å². The second-order valence-electron chi connectivity index (χ2n) is 4.38. The monoisotopic (exact) mass is 172 g/mol. The lowest BCUT2D eigenvalue weighted by atomic mass is 9.89. The van der Waals surface area contributed by atoms with Crippen LogP contribution in [0.25, 0.3) is 0 Å². The first-order chi connectivity index (χ1) is 5.17. The molecule has 0 amide bonds. The number of rotatable bonds is 3. The molecule has 0 aromatic heterocycles. The average Bonchev–Trinajstić information content (AvgIpc) is 1.81. The van der Waals surface area contributed by atoms with Crippen LogP contribution < -0.4 is 0 Å². The van der Waals surface area contributed by atoms with Gasteiger partial charge in [-0.15, -0.1) is 0 Å². The molecule has 0 aliphatic rings. The van der Waals surface area contributed by atoms with E-state index >= 15 is 0 Å². The molecule has 0 aromatic carbocycles. The summed E-state index contributed by atoms with van der Waals surface area (Å²) in [7, 11) is 0. The smallest absolute Gasteiger partial charge is 0.130 e. The maximum Gasteiger partial charge on any atom is 0.130 e. The highest BCUT2D eigenvalue weighted by Crippen LogP contribution is 2.25. The summed E-state index contributed by atoms with van der Waals surface area (Å²) in [5.74, 6) is 0. The van der Waals surface area contributed by atoms with E-state index in [1.807, 2.05) is 27.7 Å². The lowest BCUT2D eigenvalue weighted by Crippen LogP contribution is -2.46. The Kier molecular flexibility index (Phi) is 3.34. The molecule has 0 aromatic rings. The predicted octanol–water partition coefficient (Wildman–Crippen LogP) is 2.48. The molecule has 0 bridgehead atoms. The first-order valence-electron chi connectivity index (χ1n) is 4.20. The lowest BCUT2D eigenvalue weighted by Gasteiger charge is -2.36. The van der Waals surface area contributed by atoms with Crippen LogP contribution in [0.2, 0.25) is 0 Å². The maximum absolute atomic E-state index is 9.70. The number of aliphatic hydroxyl groups is 1. The fourth-order valence-corrected chi connectivity index (χ4v) is 0.409. The number of hydrogen-bond donors (Lipinski definition) is 1. The van der Waals surface area contributed by atoms with Crippen molar-refractivity contribution in [2.24, 2.45) is 0 Å². The Balaban J connectivity index is 4.34. The molecule has 2 heteroatoms. The van der Waals surface area contributed by atoms with Crippen molar-refractivity contribution in [2.45, 2.75) is 52.7 Å². The Morgan fingerprint density at radius 3 is 1.83 bits per heavy atom. The molecule has 0 rings (SSSR count). The minimum Gasteiger partial charge on any atom is -0.493 e. The molecule has 0 fully saturated rings. The lowest BCUT2D eigenvalue weighted by molar-refractivity contribution is -0.114. The van der Waals surface area contributed by atoms with Gasteiger partial charge in [0, 0.05) is 0 Å². The fraction of sp³-hybridized carbons (Fsp3) is 0.800. The molecule has 0 saturated heterocycles. The summed E-state index contributed by atoms with van der Waals surface area (Å²) >= 11 is 0. The van der Waals surface area contributed by atoms with Crippen molar-refractivity contribution >= 4 is 0 Å². The summed E-state index contributed by atoms with van der Waals surface area (Å²) < 4.78 is 5.44. The molecular formula is C10H20O2. The first kappa shape index (κ1) is 11.5. The van der Waals surface area contributed by atoms with E-state index in [2.05, 4.69) is 0 Å². The van der Waals surface area contributed by atoms with Crippen molar-refractivity contribution in [1.29, 1.82) is 0 Å². The quantitative estimate of drug-likeness (QED) is 0.663. The van der Waals surface area contributed by atoms with E-state index in [0.29, 0.717) is 0 Å². The van der Waals surface area contributed by atoms with Crippen molar-refractivity contribution in [1.82, 2.24) is 0 Å². The van der Waals surface area contributed by atoms with Crippen molar-refractivity contribution < 1.29 is 9.84 Å². The largest absolute Gasteiger partial charge is 0.493 e. The van der Waals surface area contributed by atoms with Crippen LogP contribution in [0.1, 0.15) is 41.5 Å². The van der Waals surface area contributed by atoms with Crippen molar-refractivity contribution in [3.05, 3.63) is 11.8 Å². The van der Waals surface area contributed by atoms with Crippen molar-refractivity contribution in [3.8, 4) is 0 Å². The number of ether oxygens (including phenoxy) is 1. The third-order valence-electron chi connectivity index (χ3n) is 2.06. The topological polar surface area (TPSA) is 29.5 Å². The summed E-state index contributed by atoms with van der Waals surface area (Å²) in [6, 6.07) is 0. The van der Waals surface area contributed by atoms with Crippen LogP contribution >= 0.6 is 0 Å². The van der Waals surface area contributed by atoms with Gasteiger partial charge in [-0.3, -0.25) is 0 Å². The minimum atomic E-state index is -0.834. The van der Waals surface area contributed by atoms with E-state index in [0.717, 1.165) is 5.57 Å².